The van der Waals surface area contributed by atoms with E-state index in [9.17, 15) is 10.2 Å². The molecule has 0 saturated carbocycles. The first-order valence-corrected chi connectivity index (χ1v) is 7.23. The van der Waals surface area contributed by atoms with E-state index in [-0.39, 0.29) is 17.4 Å². The highest BCUT2D eigenvalue weighted by atomic mass is 32.2. The minimum Gasteiger partial charge on any atom is -0.508 e. The third-order valence-corrected chi connectivity index (χ3v) is 3.74. The molecule has 6 heteroatoms. The second-order valence-corrected chi connectivity index (χ2v) is 5.40. The Hall–Kier alpha value is -2.47. The molecule has 0 bridgehead atoms. The van der Waals surface area contributed by atoms with Crippen LogP contribution < -0.4 is 0 Å². The van der Waals surface area contributed by atoms with Crippen molar-refractivity contribution < 1.29 is 14.7 Å². The molecule has 1 heterocycles. The molecule has 0 unspecified atom stereocenters. The Kier molecular flexibility index (Phi) is 3.79. The molecule has 0 saturated heterocycles. The summed E-state index contributed by atoms with van der Waals surface area (Å²) < 4.78 is 5.15. The molecule has 0 radical (unpaired) electrons. The number of benzene rings is 2. The largest absolute Gasteiger partial charge is 0.508 e. The van der Waals surface area contributed by atoms with Crippen molar-refractivity contribution in [3.8, 4) is 23.0 Å². The molecule has 0 aliphatic heterocycles. The van der Waals surface area contributed by atoms with Crippen LogP contribution in [0.5, 0.6) is 11.5 Å². The van der Waals surface area contributed by atoms with Crippen molar-refractivity contribution in [2.45, 2.75) is 10.6 Å². The van der Waals surface area contributed by atoms with Crippen LogP contribution in [0.15, 0.2) is 57.9 Å². The van der Waals surface area contributed by atoms with Gasteiger partial charge in [0.2, 0.25) is 0 Å². The summed E-state index contributed by atoms with van der Waals surface area (Å²) >= 11 is 1.60. The van der Waals surface area contributed by atoms with Crippen LogP contribution in [0, 0.1) is 0 Å². The number of aromatic hydroxyl groups is 2. The van der Waals surface area contributed by atoms with Crippen molar-refractivity contribution >= 4 is 11.8 Å². The van der Waals surface area contributed by atoms with Crippen LogP contribution in [0.25, 0.3) is 11.5 Å². The Morgan fingerprint density at radius 1 is 1.00 bits per heavy atom. The summed E-state index contributed by atoms with van der Waals surface area (Å²) in [6, 6.07) is 14.1. The first-order chi connectivity index (χ1) is 10.2. The molecule has 1 aromatic heterocycles. The topological polar surface area (TPSA) is 79.4 Å². The Morgan fingerprint density at radius 2 is 1.71 bits per heavy atom. The van der Waals surface area contributed by atoms with Crippen LogP contribution in [-0.2, 0) is 5.75 Å². The number of thioether (sulfide) groups is 1. The van der Waals surface area contributed by atoms with E-state index >= 15 is 0 Å². The first kappa shape index (κ1) is 13.5. The Balaban J connectivity index is 1.74. The molecule has 0 aliphatic carbocycles. The van der Waals surface area contributed by atoms with Gasteiger partial charge in [-0.3, -0.25) is 0 Å². The summed E-state index contributed by atoms with van der Waals surface area (Å²) in [5.74, 6) is 1.30. The third kappa shape index (κ3) is 3.35. The Morgan fingerprint density at radius 3 is 2.43 bits per heavy atom. The molecule has 3 aromatic rings. The SMILES string of the molecule is Oc1cc(O)cc(-c2nc(CSc3ccccc3)no2)c1. The number of phenols is 2. The van der Waals surface area contributed by atoms with E-state index in [4.69, 9.17) is 4.52 Å². The number of nitrogens with zero attached hydrogens (tertiary/aromatic N) is 2. The molecule has 0 fully saturated rings. The predicted molar refractivity (Wildman–Crippen MR) is 79.1 cm³/mol. The lowest BCUT2D eigenvalue weighted by Crippen LogP contribution is -1.84. The van der Waals surface area contributed by atoms with Crippen LogP contribution in [0.3, 0.4) is 0 Å². The molecule has 2 N–H and O–H groups in total. The molecule has 2 aromatic carbocycles. The van der Waals surface area contributed by atoms with Gasteiger partial charge in [0, 0.05) is 16.5 Å². The lowest BCUT2D eigenvalue weighted by atomic mass is 10.2. The highest BCUT2D eigenvalue weighted by Gasteiger charge is 2.11. The second kappa shape index (κ2) is 5.88. The van der Waals surface area contributed by atoms with Crippen LogP contribution in [0.4, 0.5) is 0 Å². The van der Waals surface area contributed by atoms with E-state index in [2.05, 4.69) is 10.1 Å². The molecule has 0 aliphatic rings. The van der Waals surface area contributed by atoms with E-state index in [1.54, 1.807) is 11.8 Å². The van der Waals surface area contributed by atoms with Crippen molar-refractivity contribution in [1.29, 1.82) is 0 Å². The van der Waals surface area contributed by atoms with Gasteiger partial charge in [-0.25, -0.2) is 0 Å². The van der Waals surface area contributed by atoms with Crippen molar-refractivity contribution in [3.05, 3.63) is 54.4 Å². The minimum atomic E-state index is -0.0524. The molecular formula is C15H12N2O3S. The van der Waals surface area contributed by atoms with Gasteiger partial charge in [0.1, 0.15) is 11.5 Å². The Labute approximate surface area is 125 Å². The van der Waals surface area contributed by atoms with Gasteiger partial charge >= 0.3 is 0 Å². The molecule has 0 atom stereocenters. The lowest BCUT2D eigenvalue weighted by molar-refractivity contribution is 0.422. The number of hydrogen-bond acceptors (Lipinski definition) is 6. The summed E-state index contributed by atoms with van der Waals surface area (Å²) in [7, 11) is 0. The van der Waals surface area contributed by atoms with Gasteiger partial charge in [0.15, 0.2) is 5.82 Å². The van der Waals surface area contributed by atoms with Crippen LogP contribution in [0.2, 0.25) is 0 Å². The standard InChI is InChI=1S/C15H12N2O3S/c18-11-6-10(7-12(19)8-11)15-16-14(17-20-15)9-21-13-4-2-1-3-5-13/h1-8,18-19H,9H2. The summed E-state index contributed by atoms with van der Waals surface area (Å²) in [5.41, 5.74) is 0.482. The van der Waals surface area contributed by atoms with Crippen molar-refractivity contribution in [1.82, 2.24) is 10.1 Å². The monoisotopic (exact) mass is 300 g/mol. The summed E-state index contributed by atoms with van der Waals surface area (Å²) in [6.07, 6.45) is 0. The lowest BCUT2D eigenvalue weighted by Gasteiger charge is -1.98. The zero-order valence-electron chi connectivity index (χ0n) is 10.9. The maximum absolute atomic E-state index is 9.46. The van der Waals surface area contributed by atoms with E-state index < -0.39 is 0 Å². The maximum atomic E-state index is 9.46. The van der Waals surface area contributed by atoms with Gasteiger partial charge in [0.25, 0.3) is 5.89 Å². The highest BCUT2D eigenvalue weighted by molar-refractivity contribution is 7.98. The number of rotatable bonds is 4. The number of phenolic OH excluding ortho intramolecular Hbond substituents is 2. The zero-order chi connectivity index (χ0) is 14.7. The average molecular weight is 300 g/mol. The fraction of sp³-hybridized carbons (Fsp3) is 0.0667. The van der Waals surface area contributed by atoms with Gasteiger partial charge in [-0.05, 0) is 24.3 Å². The zero-order valence-corrected chi connectivity index (χ0v) is 11.7. The Bertz CT molecular complexity index is 723. The quantitative estimate of drug-likeness (QED) is 0.718. The number of hydrogen-bond donors (Lipinski definition) is 2. The average Bonchev–Trinajstić information content (AvgIpc) is 2.94. The van der Waals surface area contributed by atoms with Gasteiger partial charge in [-0.15, -0.1) is 11.8 Å². The van der Waals surface area contributed by atoms with Crippen molar-refractivity contribution in [3.63, 3.8) is 0 Å². The molecular weight excluding hydrogens is 288 g/mol. The summed E-state index contributed by atoms with van der Waals surface area (Å²) in [5, 5.41) is 22.8. The molecule has 106 valence electrons. The van der Waals surface area contributed by atoms with Gasteiger partial charge in [-0.1, -0.05) is 23.4 Å². The summed E-state index contributed by atoms with van der Waals surface area (Å²) in [4.78, 5) is 5.38. The second-order valence-electron chi connectivity index (χ2n) is 4.36. The molecule has 3 rings (SSSR count). The van der Waals surface area contributed by atoms with Crippen LogP contribution in [0.1, 0.15) is 5.82 Å². The fourth-order valence-corrected chi connectivity index (χ4v) is 2.58. The fourth-order valence-electron chi connectivity index (χ4n) is 1.81. The van der Waals surface area contributed by atoms with Crippen LogP contribution >= 0.6 is 11.8 Å². The van der Waals surface area contributed by atoms with Crippen molar-refractivity contribution in [2.75, 3.05) is 0 Å². The van der Waals surface area contributed by atoms with E-state index in [0.29, 0.717) is 17.1 Å². The maximum Gasteiger partial charge on any atom is 0.258 e. The highest BCUT2D eigenvalue weighted by Crippen LogP contribution is 2.28. The van der Waals surface area contributed by atoms with Gasteiger partial charge in [0.05, 0.1) is 5.75 Å². The van der Waals surface area contributed by atoms with Crippen LogP contribution in [-0.4, -0.2) is 20.4 Å². The first-order valence-electron chi connectivity index (χ1n) is 6.24. The van der Waals surface area contributed by atoms with Gasteiger partial charge in [-0.2, -0.15) is 4.98 Å². The predicted octanol–water partition coefficient (Wildman–Crippen LogP) is 3.44. The smallest absolute Gasteiger partial charge is 0.258 e. The molecule has 5 nitrogen and oxygen atoms in total. The normalized spacial score (nSPS) is 10.7. The van der Waals surface area contributed by atoms with Gasteiger partial charge < -0.3 is 14.7 Å². The minimum absolute atomic E-state index is 0.0524. The number of aromatic nitrogens is 2. The molecule has 0 spiro atoms. The molecule has 0 amide bonds. The third-order valence-electron chi connectivity index (χ3n) is 2.73. The summed E-state index contributed by atoms with van der Waals surface area (Å²) in [6.45, 7) is 0. The molecule has 21 heavy (non-hydrogen) atoms. The van der Waals surface area contributed by atoms with E-state index in [1.165, 1.54) is 18.2 Å². The van der Waals surface area contributed by atoms with Crippen molar-refractivity contribution in [2.24, 2.45) is 0 Å². The van der Waals surface area contributed by atoms with E-state index in [1.807, 2.05) is 30.3 Å². The van der Waals surface area contributed by atoms with E-state index in [0.717, 1.165) is 4.90 Å².